The van der Waals surface area contributed by atoms with Crippen molar-refractivity contribution in [2.75, 3.05) is 35.5 Å². The second-order valence-corrected chi connectivity index (χ2v) is 6.42. The average Bonchev–Trinajstić information content (AvgIpc) is 2.73. The van der Waals surface area contributed by atoms with Gasteiger partial charge in [-0.1, -0.05) is 12.2 Å². The van der Waals surface area contributed by atoms with Crippen LogP contribution in [0, 0.1) is 0 Å². The Morgan fingerprint density at radius 3 is 1.62 bits per heavy atom. The topological polar surface area (TPSA) is 55.4 Å². The minimum Gasteiger partial charge on any atom is -0.493 e. The molecular formula is C23H30O6. The summed E-state index contributed by atoms with van der Waals surface area (Å²) >= 11 is 0. The van der Waals surface area contributed by atoms with Crippen LogP contribution in [0.4, 0.5) is 0 Å². The molecule has 0 amide bonds. The lowest BCUT2D eigenvalue weighted by Gasteiger charge is -2.21. The molecule has 0 aliphatic carbocycles. The SMILES string of the molecule is C/C=C/c1cc(OC)c(OC(C)Cc2cc(OC)c(OC)c(OC)c2)c(OC)c1. The molecule has 0 saturated carbocycles. The summed E-state index contributed by atoms with van der Waals surface area (Å²) in [6, 6.07) is 7.68. The van der Waals surface area contributed by atoms with Crippen LogP contribution in [-0.2, 0) is 6.42 Å². The number of rotatable bonds is 10. The molecule has 158 valence electrons. The van der Waals surface area contributed by atoms with Gasteiger partial charge in [0.1, 0.15) is 6.10 Å². The van der Waals surface area contributed by atoms with Crippen molar-refractivity contribution in [1.82, 2.24) is 0 Å². The molecule has 0 aliphatic rings. The van der Waals surface area contributed by atoms with Crippen LogP contribution in [0.5, 0.6) is 34.5 Å². The van der Waals surface area contributed by atoms with Crippen LogP contribution >= 0.6 is 0 Å². The van der Waals surface area contributed by atoms with Gasteiger partial charge in [-0.25, -0.2) is 0 Å². The lowest BCUT2D eigenvalue weighted by atomic mass is 10.1. The number of allylic oxidation sites excluding steroid dienone is 1. The Morgan fingerprint density at radius 1 is 0.724 bits per heavy atom. The third-order valence-corrected chi connectivity index (χ3v) is 4.41. The fraction of sp³-hybridized carbons (Fsp3) is 0.391. The normalized spacial score (nSPS) is 11.8. The minimum atomic E-state index is -0.159. The fourth-order valence-corrected chi connectivity index (χ4v) is 3.13. The number of benzene rings is 2. The molecule has 0 spiro atoms. The highest BCUT2D eigenvalue weighted by Gasteiger charge is 2.19. The van der Waals surface area contributed by atoms with Crippen LogP contribution in [0.25, 0.3) is 6.08 Å². The molecular weight excluding hydrogens is 372 g/mol. The molecule has 0 heterocycles. The first-order chi connectivity index (χ1) is 14.0. The number of ether oxygens (including phenoxy) is 6. The van der Waals surface area contributed by atoms with Crippen LogP contribution in [0.2, 0.25) is 0 Å². The summed E-state index contributed by atoms with van der Waals surface area (Å²) in [4.78, 5) is 0. The van der Waals surface area contributed by atoms with E-state index in [1.165, 1.54) is 0 Å². The van der Waals surface area contributed by atoms with Crippen molar-refractivity contribution in [3.05, 3.63) is 41.5 Å². The van der Waals surface area contributed by atoms with Crippen molar-refractivity contribution >= 4 is 6.08 Å². The summed E-state index contributed by atoms with van der Waals surface area (Å²) in [5.41, 5.74) is 1.97. The quantitative estimate of drug-likeness (QED) is 0.570. The van der Waals surface area contributed by atoms with E-state index >= 15 is 0 Å². The number of hydrogen-bond acceptors (Lipinski definition) is 6. The van der Waals surface area contributed by atoms with E-state index in [4.69, 9.17) is 28.4 Å². The maximum absolute atomic E-state index is 6.21. The third-order valence-electron chi connectivity index (χ3n) is 4.41. The van der Waals surface area contributed by atoms with Crippen molar-refractivity contribution < 1.29 is 28.4 Å². The first kappa shape index (κ1) is 22.3. The lowest BCUT2D eigenvalue weighted by molar-refractivity contribution is 0.201. The second-order valence-electron chi connectivity index (χ2n) is 6.42. The Kier molecular flexibility index (Phi) is 8.07. The van der Waals surface area contributed by atoms with E-state index in [9.17, 15) is 0 Å². The van der Waals surface area contributed by atoms with Gasteiger partial charge in [-0.15, -0.1) is 0 Å². The zero-order valence-electron chi connectivity index (χ0n) is 18.2. The predicted molar refractivity (Wildman–Crippen MR) is 114 cm³/mol. The Bertz CT molecular complexity index is 793. The lowest BCUT2D eigenvalue weighted by Crippen LogP contribution is -2.16. The Labute approximate surface area is 172 Å². The number of methoxy groups -OCH3 is 5. The van der Waals surface area contributed by atoms with E-state index in [-0.39, 0.29) is 6.10 Å². The summed E-state index contributed by atoms with van der Waals surface area (Å²) in [7, 11) is 8.02. The Morgan fingerprint density at radius 2 is 1.21 bits per heavy atom. The third kappa shape index (κ3) is 5.28. The Balaban J connectivity index is 2.30. The summed E-state index contributed by atoms with van der Waals surface area (Å²) in [6.45, 7) is 3.95. The molecule has 0 radical (unpaired) electrons. The maximum Gasteiger partial charge on any atom is 0.203 e. The molecule has 6 nitrogen and oxygen atoms in total. The summed E-state index contributed by atoms with van der Waals surface area (Å²) in [5, 5.41) is 0. The van der Waals surface area contributed by atoms with Crippen LogP contribution < -0.4 is 28.4 Å². The van der Waals surface area contributed by atoms with Gasteiger partial charge in [-0.2, -0.15) is 0 Å². The summed E-state index contributed by atoms with van der Waals surface area (Å²) < 4.78 is 33.5. The number of hydrogen-bond donors (Lipinski definition) is 0. The van der Waals surface area contributed by atoms with E-state index < -0.39 is 0 Å². The second kappa shape index (κ2) is 10.5. The molecule has 2 aromatic carbocycles. The van der Waals surface area contributed by atoms with Gasteiger partial charge in [0.15, 0.2) is 23.0 Å². The van der Waals surface area contributed by atoms with Gasteiger partial charge in [0, 0.05) is 6.42 Å². The van der Waals surface area contributed by atoms with Crippen molar-refractivity contribution in [1.29, 1.82) is 0 Å². The van der Waals surface area contributed by atoms with E-state index in [2.05, 4.69) is 0 Å². The van der Waals surface area contributed by atoms with Crippen molar-refractivity contribution in [2.24, 2.45) is 0 Å². The van der Waals surface area contributed by atoms with E-state index in [1.54, 1.807) is 35.5 Å². The average molecular weight is 402 g/mol. The van der Waals surface area contributed by atoms with Gasteiger partial charge in [-0.3, -0.25) is 0 Å². The zero-order chi connectivity index (χ0) is 21.4. The van der Waals surface area contributed by atoms with Crippen molar-refractivity contribution in [3.63, 3.8) is 0 Å². The van der Waals surface area contributed by atoms with Gasteiger partial charge >= 0.3 is 0 Å². The monoisotopic (exact) mass is 402 g/mol. The molecule has 0 N–H and O–H groups in total. The first-order valence-corrected chi connectivity index (χ1v) is 9.35. The predicted octanol–water partition coefficient (Wildman–Crippen LogP) is 4.77. The minimum absolute atomic E-state index is 0.159. The molecule has 0 bridgehead atoms. The molecule has 2 aromatic rings. The molecule has 2 rings (SSSR count). The van der Waals surface area contributed by atoms with Gasteiger partial charge in [0.2, 0.25) is 11.5 Å². The van der Waals surface area contributed by atoms with Gasteiger partial charge in [0.25, 0.3) is 0 Å². The molecule has 0 fully saturated rings. The van der Waals surface area contributed by atoms with Crippen LogP contribution in [-0.4, -0.2) is 41.7 Å². The highest BCUT2D eigenvalue weighted by Crippen LogP contribution is 2.41. The van der Waals surface area contributed by atoms with Crippen LogP contribution in [0.1, 0.15) is 25.0 Å². The molecule has 0 aromatic heterocycles. The van der Waals surface area contributed by atoms with Crippen molar-refractivity contribution in [2.45, 2.75) is 26.4 Å². The first-order valence-electron chi connectivity index (χ1n) is 9.35. The standard InChI is InChI=1S/C23H30O6/c1-8-9-16-11-20(26-5)23(21(12-16)27-6)29-15(2)10-17-13-18(24-3)22(28-7)19(14-17)25-4/h8-9,11-15H,10H2,1-7H3/b9-8+. The van der Waals surface area contributed by atoms with Crippen LogP contribution in [0.15, 0.2) is 30.3 Å². The van der Waals surface area contributed by atoms with Gasteiger partial charge < -0.3 is 28.4 Å². The fourth-order valence-electron chi connectivity index (χ4n) is 3.13. The molecule has 0 aliphatic heterocycles. The highest BCUT2D eigenvalue weighted by molar-refractivity contribution is 5.62. The van der Waals surface area contributed by atoms with E-state index in [0.717, 1.165) is 11.1 Å². The smallest absolute Gasteiger partial charge is 0.203 e. The highest BCUT2D eigenvalue weighted by atomic mass is 16.5. The van der Waals surface area contributed by atoms with Gasteiger partial charge in [0.05, 0.1) is 35.5 Å². The molecule has 6 heteroatoms. The largest absolute Gasteiger partial charge is 0.493 e. The van der Waals surface area contributed by atoms with Crippen LogP contribution in [0.3, 0.4) is 0 Å². The van der Waals surface area contributed by atoms with Crippen molar-refractivity contribution in [3.8, 4) is 34.5 Å². The maximum atomic E-state index is 6.21. The van der Waals surface area contributed by atoms with E-state index in [1.807, 2.05) is 50.3 Å². The molecule has 0 saturated heterocycles. The van der Waals surface area contributed by atoms with E-state index in [0.29, 0.717) is 40.9 Å². The van der Waals surface area contributed by atoms with Gasteiger partial charge in [-0.05, 0) is 49.2 Å². The molecule has 1 atom stereocenters. The molecule has 1 unspecified atom stereocenters. The zero-order valence-corrected chi connectivity index (χ0v) is 18.2. The summed E-state index contributed by atoms with van der Waals surface area (Å²) in [6.07, 6.45) is 4.41. The molecule has 29 heavy (non-hydrogen) atoms. The summed E-state index contributed by atoms with van der Waals surface area (Å²) in [5.74, 6) is 3.60. The Hall–Kier alpha value is -3.02.